The molecule has 1 aromatic heterocycles. The van der Waals surface area contributed by atoms with Crippen LogP contribution < -0.4 is 0 Å². The number of aliphatic hydroxyl groups excluding tert-OH is 1. The molecule has 5 heteroatoms. The predicted molar refractivity (Wildman–Crippen MR) is 92.5 cm³/mol. The number of hydrogen-bond donors (Lipinski definition) is 1. The summed E-state index contributed by atoms with van der Waals surface area (Å²) in [7, 11) is 1.99. The minimum Gasteiger partial charge on any atom is -0.464 e. The molecule has 0 bridgehead atoms. The molecule has 0 saturated heterocycles. The quantitative estimate of drug-likeness (QED) is 0.833. The Morgan fingerprint density at radius 3 is 2.62 bits per heavy atom. The third-order valence-electron chi connectivity index (χ3n) is 5.25. The molecule has 5 nitrogen and oxygen atoms in total. The van der Waals surface area contributed by atoms with Gasteiger partial charge in [-0.05, 0) is 57.7 Å². The lowest BCUT2D eigenvalue weighted by molar-refractivity contribution is -0.134. The first-order valence-electron chi connectivity index (χ1n) is 9.24. The number of rotatable bonds is 7. The highest BCUT2D eigenvalue weighted by molar-refractivity contribution is 5.78. The van der Waals surface area contributed by atoms with Gasteiger partial charge >= 0.3 is 0 Å². The number of carbonyl (C=O) groups is 1. The minimum atomic E-state index is -0.207. The maximum absolute atomic E-state index is 12.7. The monoisotopic (exact) mass is 334 g/mol. The number of likely N-dealkylation sites (N-methyl/N-ethyl adjacent to an activating group) is 1. The van der Waals surface area contributed by atoms with E-state index in [4.69, 9.17) is 4.42 Å². The van der Waals surface area contributed by atoms with Gasteiger partial charge in [0.1, 0.15) is 11.5 Å². The van der Waals surface area contributed by atoms with Crippen molar-refractivity contribution in [2.24, 2.45) is 5.92 Å². The van der Waals surface area contributed by atoms with E-state index in [1.165, 1.54) is 6.42 Å². The second-order valence-electron chi connectivity index (χ2n) is 7.57. The molecular formula is C19H30N2O3. The summed E-state index contributed by atoms with van der Waals surface area (Å²) in [6, 6.07) is 4.28. The van der Waals surface area contributed by atoms with E-state index in [9.17, 15) is 9.90 Å². The van der Waals surface area contributed by atoms with E-state index in [0.717, 1.165) is 50.2 Å². The van der Waals surface area contributed by atoms with Crippen molar-refractivity contribution in [1.29, 1.82) is 0 Å². The van der Waals surface area contributed by atoms with Crippen LogP contribution in [0.4, 0.5) is 0 Å². The Hall–Kier alpha value is -1.33. The van der Waals surface area contributed by atoms with E-state index in [2.05, 4.69) is 4.90 Å². The van der Waals surface area contributed by atoms with Crippen LogP contribution in [0.5, 0.6) is 0 Å². The van der Waals surface area contributed by atoms with Gasteiger partial charge < -0.3 is 14.4 Å². The van der Waals surface area contributed by atoms with E-state index in [1.807, 2.05) is 31.0 Å². The average Bonchev–Trinajstić information content (AvgIpc) is 3.29. The molecule has 0 radical (unpaired) electrons. The molecule has 1 aromatic rings. The van der Waals surface area contributed by atoms with Gasteiger partial charge in [-0.1, -0.05) is 12.8 Å². The second kappa shape index (κ2) is 7.70. The summed E-state index contributed by atoms with van der Waals surface area (Å²) in [5.41, 5.74) is 0. The van der Waals surface area contributed by atoms with Gasteiger partial charge in [0, 0.05) is 12.6 Å². The molecule has 2 fully saturated rings. The first kappa shape index (κ1) is 17.5. The van der Waals surface area contributed by atoms with Crippen LogP contribution in [0.25, 0.3) is 0 Å². The normalized spacial score (nSPS) is 24.3. The lowest BCUT2D eigenvalue weighted by Gasteiger charge is -2.32. The predicted octanol–water partition coefficient (Wildman–Crippen LogP) is 2.56. The summed E-state index contributed by atoms with van der Waals surface area (Å²) in [4.78, 5) is 16.8. The smallest absolute Gasteiger partial charge is 0.237 e. The Morgan fingerprint density at radius 2 is 2.00 bits per heavy atom. The van der Waals surface area contributed by atoms with Crippen LogP contribution in [-0.2, 0) is 11.3 Å². The van der Waals surface area contributed by atoms with Crippen LogP contribution in [-0.4, -0.2) is 53.1 Å². The topological polar surface area (TPSA) is 56.9 Å². The number of nitrogens with zero attached hydrogens (tertiary/aromatic N) is 2. The van der Waals surface area contributed by atoms with Crippen LogP contribution in [0, 0.1) is 12.8 Å². The third kappa shape index (κ3) is 4.61. The van der Waals surface area contributed by atoms with Crippen molar-refractivity contribution in [3.05, 3.63) is 23.7 Å². The zero-order chi connectivity index (χ0) is 17.1. The molecule has 24 heavy (non-hydrogen) atoms. The fourth-order valence-corrected chi connectivity index (χ4v) is 3.73. The largest absolute Gasteiger partial charge is 0.464 e. The van der Waals surface area contributed by atoms with Crippen molar-refractivity contribution in [2.45, 2.75) is 64.1 Å². The standard InChI is InChI=1S/C19H30N2O3/c1-14-7-10-17(24-14)12-21(16-8-9-16)19(23)13-20(2)11-15-5-3-4-6-18(15)22/h7,10,15-16,18,22H,3-6,8-9,11-13H2,1-2H3. The van der Waals surface area contributed by atoms with Crippen LogP contribution in [0.15, 0.2) is 16.5 Å². The lowest BCUT2D eigenvalue weighted by Crippen LogP contribution is -2.43. The van der Waals surface area contributed by atoms with E-state index in [1.54, 1.807) is 0 Å². The molecule has 0 aromatic carbocycles. The van der Waals surface area contributed by atoms with Crippen molar-refractivity contribution in [1.82, 2.24) is 9.80 Å². The van der Waals surface area contributed by atoms with E-state index >= 15 is 0 Å². The number of carbonyl (C=O) groups excluding carboxylic acids is 1. The van der Waals surface area contributed by atoms with Gasteiger partial charge in [0.15, 0.2) is 0 Å². The zero-order valence-electron chi connectivity index (χ0n) is 14.9. The highest BCUT2D eigenvalue weighted by Crippen LogP contribution is 2.29. The molecule has 2 atom stereocenters. The van der Waals surface area contributed by atoms with Crippen molar-refractivity contribution >= 4 is 5.91 Å². The van der Waals surface area contributed by atoms with E-state index in [0.29, 0.717) is 25.0 Å². The molecule has 134 valence electrons. The minimum absolute atomic E-state index is 0.166. The van der Waals surface area contributed by atoms with Gasteiger partial charge in [-0.15, -0.1) is 0 Å². The number of aryl methyl sites for hydroxylation is 1. The summed E-state index contributed by atoms with van der Waals surface area (Å²) in [6.07, 6.45) is 6.26. The molecule has 1 amide bonds. The Morgan fingerprint density at radius 1 is 1.25 bits per heavy atom. The Kier molecular flexibility index (Phi) is 5.61. The molecular weight excluding hydrogens is 304 g/mol. The zero-order valence-corrected chi connectivity index (χ0v) is 14.9. The lowest BCUT2D eigenvalue weighted by atomic mass is 9.86. The highest BCUT2D eigenvalue weighted by atomic mass is 16.3. The summed E-state index contributed by atoms with van der Waals surface area (Å²) in [5.74, 6) is 2.22. The Labute approximate surface area is 144 Å². The molecule has 1 heterocycles. The Balaban J connectivity index is 1.53. The van der Waals surface area contributed by atoms with Gasteiger partial charge in [0.2, 0.25) is 5.91 Å². The molecule has 3 rings (SSSR count). The van der Waals surface area contributed by atoms with Crippen LogP contribution >= 0.6 is 0 Å². The number of aliphatic hydroxyl groups is 1. The Bertz CT molecular complexity index is 553. The van der Waals surface area contributed by atoms with Crippen molar-refractivity contribution in [3.63, 3.8) is 0 Å². The molecule has 2 saturated carbocycles. The summed E-state index contributed by atoms with van der Waals surface area (Å²) < 4.78 is 5.64. The second-order valence-corrected chi connectivity index (χ2v) is 7.57. The van der Waals surface area contributed by atoms with Gasteiger partial charge in [0.05, 0.1) is 19.2 Å². The van der Waals surface area contributed by atoms with Crippen molar-refractivity contribution < 1.29 is 14.3 Å². The van der Waals surface area contributed by atoms with Crippen LogP contribution in [0.3, 0.4) is 0 Å². The van der Waals surface area contributed by atoms with Gasteiger partial charge in [0.25, 0.3) is 0 Å². The first-order chi connectivity index (χ1) is 11.5. The van der Waals surface area contributed by atoms with Crippen LogP contribution in [0.2, 0.25) is 0 Å². The van der Waals surface area contributed by atoms with E-state index in [-0.39, 0.29) is 12.0 Å². The fourth-order valence-electron chi connectivity index (χ4n) is 3.73. The maximum Gasteiger partial charge on any atom is 0.237 e. The fraction of sp³-hybridized carbons (Fsp3) is 0.737. The molecule has 0 aliphatic heterocycles. The molecule has 2 aliphatic carbocycles. The first-order valence-corrected chi connectivity index (χ1v) is 9.24. The summed E-state index contributed by atoms with van der Waals surface area (Å²) in [5, 5.41) is 10.1. The van der Waals surface area contributed by atoms with Gasteiger partial charge in [-0.2, -0.15) is 0 Å². The maximum atomic E-state index is 12.7. The van der Waals surface area contributed by atoms with Gasteiger partial charge in [-0.3, -0.25) is 9.69 Å². The summed E-state index contributed by atoms with van der Waals surface area (Å²) in [6.45, 7) is 3.71. The molecule has 2 unspecified atom stereocenters. The van der Waals surface area contributed by atoms with Crippen LogP contribution in [0.1, 0.15) is 50.0 Å². The van der Waals surface area contributed by atoms with Crippen molar-refractivity contribution in [2.75, 3.05) is 20.1 Å². The number of hydrogen-bond acceptors (Lipinski definition) is 4. The number of amides is 1. The molecule has 1 N–H and O–H groups in total. The van der Waals surface area contributed by atoms with Gasteiger partial charge in [-0.25, -0.2) is 0 Å². The molecule has 2 aliphatic rings. The average molecular weight is 334 g/mol. The van der Waals surface area contributed by atoms with E-state index < -0.39 is 0 Å². The summed E-state index contributed by atoms with van der Waals surface area (Å²) >= 11 is 0. The third-order valence-corrected chi connectivity index (χ3v) is 5.25. The highest BCUT2D eigenvalue weighted by Gasteiger charge is 2.34. The number of furan rings is 1. The van der Waals surface area contributed by atoms with Crippen molar-refractivity contribution in [3.8, 4) is 0 Å². The SMILES string of the molecule is Cc1ccc(CN(C(=O)CN(C)CC2CCCCC2O)C2CC2)o1. The molecule has 0 spiro atoms.